The molecule has 0 aliphatic carbocycles. The van der Waals surface area contributed by atoms with E-state index in [1.54, 1.807) is 11.0 Å². The molecule has 2 aromatic rings. The van der Waals surface area contributed by atoms with Crippen molar-refractivity contribution in [1.29, 1.82) is 0 Å². The Kier molecular flexibility index (Phi) is 8.45. The Bertz CT molecular complexity index is 765. The summed E-state index contributed by atoms with van der Waals surface area (Å²) >= 11 is 0. The molecule has 158 valence electrons. The number of hydrogen-bond donors (Lipinski definition) is 3. The van der Waals surface area contributed by atoms with Crippen LogP contribution in [0.5, 0.6) is 0 Å². The SMILES string of the molecule is CCNC(=NCc1ccc(-n2cncn2)cc1)NCCCNC(=O)OC(C)(C)C. The van der Waals surface area contributed by atoms with Gasteiger partial charge in [-0.3, -0.25) is 0 Å². The molecule has 1 aromatic heterocycles. The third kappa shape index (κ3) is 8.63. The van der Waals surface area contributed by atoms with Gasteiger partial charge in [0, 0.05) is 19.6 Å². The molecule has 0 saturated heterocycles. The minimum atomic E-state index is -0.485. The van der Waals surface area contributed by atoms with Gasteiger partial charge in [-0.05, 0) is 51.8 Å². The second kappa shape index (κ2) is 11.0. The summed E-state index contributed by atoms with van der Waals surface area (Å²) in [5.41, 5.74) is 1.57. The van der Waals surface area contributed by atoms with E-state index in [-0.39, 0.29) is 0 Å². The predicted octanol–water partition coefficient (Wildman–Crippen LogP) is 2.24. The molecule has 1 amide bonds. The van der Waals surface area contributed by atoms with Gasteiger partial charge in [-0.2, -0.15) is 5.10 Å². The van der Waals surface area contributed by atoms with E-state index in [4.69, 9.17) is 4.74 Å². The Hall–Kier alpha value is -3.10. The monoisotopic (exact) mass is 401 g/mol. The first-order valence-electron chi connectivity index (χ1n) is 9.80. The highest BCUT2D eigenvalue weighted by Gasteiger charge is 2.15. The van der Waals surface area contributed by atoms with Crippen molar-refractivity contribution in [2.75, 3.05) is 19.6 Å². The number of aromatic nitrogens is 3. The van der Waals surface area contributed by atoms with Crippen LogP contribution in [0.3, 0.4) is 0 Å². The van der Waals surface area contributed by atoms with Crippen molar-refractivity contribution in [2.24, 2.45) is 4.99 Å². The zero-order chi connectivity index (χ0) is 21.1. The number of amides is 1. The molecule has 29 heavy (non-hydrogen) atoms. The topological polar surface area (TPSA) is 105 Å². The third-order valence-electron chi connectivity index (χ3n) is 3.70. The number of nitrogens with zero attached hydrogens (tertiary/aromatic N) is 4. The zero-order valence-electron chi connectivity index (χ0n) is 17.6. The summed E-state index contributed by atoms with van der Waals surface area (Å²) in [5.74, 6) is 0.741. The minimum Gasteiger partial charge on any atom is -0.444 e. The standard InChI is InChI=1S/C20H31N7O2/c1-5-22-18(23-11-6-12-24-19(28)29-20(2,3)4)25-13-16-7-9-17(10-8-16)27-15-21-14-26-27/h7-10,14-15H,5-6,11-13H2,1-4H3,(H,24,28)(H2,22,23,25). The molecule has 0 fully saturated rings. The molecule has 0 spiro atoms. The Morgan fingerprint density at radius 2 is 1.86 bits per heavy atom. The van der Waals surface area contributed by atoms with Gasteiger partial charge in [0.05, 0.1) is 12.2 Å². The van der Waals surface area contributed by atoms with Crippen molar-refractivity contribution in [3.05, 3.63) is 42.5 Å². The lowest BCUT2D eigenvalue weighted by Crippen LogP contribution is -2.39. The Balaban J connectivity index is 1.75. The minimum absolute atomic E-state index is 0.396. The number of guanidine groups is 1. The first-order chi connectivity index (χ1) is 13.9. The maximum atomic E-state index is 11.6. The number of aliphatic imine (C=N–C) groups is 1. The van der Waals surface area contributed by atoms with Gasteiger partial charge in [-0.15, -0.1) is 0 Å². The van der Waals surface area contributed by atoms with Gasteiger partial charge in [0.2, 0.25) is 0 Å². The average Bonchev–Trinajstić information content (AvgIpc) is 3.19. The van der Waals surface area contributed by atoms with Crippen molar-refractivity contribution >= 4 is 12.1 Å². The van der Waals surface area contributed by atoms with E-state index in [0.717, 1.165) is 30.2 Å². The lowest BCUT2D eigenvalue weighted by Gasteiger charge is -2.19. The maximum Gasteiger partial charge on any atom is 0.407 e. The number of hydrogen-bond acceptors (Lipinski definition) is 5. The first-order valence-corrected chi connectivity index (χ1v) is 9.80. The first kappa shape index (κ1) is 22.2. The lowest BCUT2D eigenvalue weighted by atomic mass is 10.2. The molecule has 0 atom stereocenters. The van der Waals surface area contributed by atoms with Crippen LogP contribution in [0.1, 0.15) is 39.7 Å². The fourth-order valence-corrected chi connectivity index (χ4v) is 2.41. The fraction of sp³-hybridized carbons (Fsp3) is 0.500. The van der Waals surface area contributed by atoms with Gasteiger partial charge in [-0.1, -0.05) is 12.1 Å². The van der Waals surface area contributed by atoms with Crippen LogP contribution in [0.25, 0.3) is 5.69 Å². The van der Waals surface area contributed by atoms with E-state index in [2.05, 4.69) is 31.0 Å². The summed E-state index contributed by atoms with van der Waals surface area (Å²) in [6, 6.07) is 8.02. The van der Waals surface area contributed by atoms with E-state index in [1.165, 1.54) is 6.33 Å². The molecule has 1 heterocycles. The molecular weight excluding hydrogens is 370 g/mol. The Labute approximate surface area is 172 Å². The molecule has 0 radical (unpaired) electrons. The van der Waals surface area contributed by atoms with Crippen molar-refractivity contribution in [2.45, 2.75) is 46.3 Å². The molecule has 0 aliphatic rings. The van der Waals surface area contributed by atoms with Crippen LogP contribution in [0.4, 0.5) is 4.79 Å². The number of rotatable bonds is 8. The van der Waals surface area contributed by atoms with Crippen LogP contribution >= 0.6 is 0 Å². The average molecular weight is 402 g/mol. The summed E-state index contributed by atoms with van der Waals surface area (Å²) in [6.45, 7) is 10.1. The van der Waals surface area contributed by atoms with E-state index in [9.17, 15) is 4.79 Å². The Morgan fingerprint density at radius 3 is 2.48 bits per heavy atom. The molecule has 3 N–H and O–H groups in total. The summed E-state index contributed by atoms with van der Waals surface area (Å²) in [7, 11) is 0. The van der Waals surface area contributed by atoms with Crippen molar-refractivity contribution in [3.63, 3.8) is 0 Å². The van der Waals surface area contributed by atoms with Crippen LogP contribution in [0.2, 0.25) is 0 Å². The second-order valence-corrected chi connectivity index (χ2v) is 7.41. The summed E-state index contributed by atoms with van der Waals surface area (Å²) in [4.78, 5) is 20.2. The summed E-state index contributed by atoms with van der Waals surface area (Å²) in [6.07, 6.45) is 3.54. The zero-order valence-corrected chi connectivity index (χ0v) is 17.6. The molecular formula is C20H31N7O2. The summed E-state index contributed by atoms with van der Waals surface area (Å²) < 4.78 is 6.92. The number of benzene rings is 1. The molecule has 1 aromatic carbocycles. The smallest absolute Gasteiger partial charge is 0.407 e. The number of alkyl carbamates (subject to hydrolysis) is 1. The molecule has 2 rings (SSSR count). The highest BCUT2D eigenvalue weighted by molar-refractivity contribution is 5.79. The molecule has 9 heteroatoms. The molecule has 0 aliphatic heterocycles. The molecule has 9 nitrogen and oxygen atoms in total. The number of nitrogens with one attached hydrogen (secondary N) is 3. The highest BCUT2D eigenvalue weighted by Crippen LogP contribution is 2.09. The quantitative estimate of drug-likeness (QED) is 0.356. The Morgan fingerprint density at radius 1 is 1.14 bits per heavy atom. The van der Waals surface area contributed by atoms with Crippen LogP contribution < -0.4 is 16.0 Å². The molecule has 0 unspecified atom stereocenters. The highest BCUT2D eigenvalue weighted by atomic mass is 16.6. The van der Waals surface area contributed by atoms with Gasteiger partial charge in [0.1, 0.15) is 18.3 Å². The largest absolute Gasteiger partial charge is 0.444 e. The van der Waals surface area contributed by atoms with Crippen molar-refractivity contribution in [3.8, 4) is 5.69 Å². The number of ether oxygens (including phenoxy) is 1. The normalized spacial score (nSPS) is 11.8. The summed E-state index contributed by atoms with van der Waals surface area (Å²) in [5, 5.41) is 13.4. The van der Waals surface area contributed by atoms with Gasteiger partial charge < -0.3 is 20.7 Å². The predicted molar refractivity (Wildman–Crippen MR) is 113 cm³/mol. The van der Waals surface area contributed by atoms with Gasteiger partial charge in [-0.25, -0.2) is 19.5 Å². The van der Waals surface area contributed by atoms with Gasteiger partial charge in [0.25, 0.3) is 0 Å². The van der Waals surface area contributed by atoms with Crippen molar-refractivity contribution < 1.29 is 9.53 Å². The lowest BCUT2D eigenvalue weighted by molar-refractivity contribution is 0.0527. The fourth-order valence-electron chi connectivity index (χ4n) is 2.41. The molecule has 0 bridgehead atoms. The van der Waals surface area contributed by atoms with Crippen LogP contribution in [0, 0.1) is 0 Å². The van der Waals surface area contributed by atoms with E-state index >= 15 is 0 Å². The van der Waals surface area contributed by atoms with Crippen LogP contribution in [-0.2, 0) is 11.3 Å². The van der Waals surface area contributed by atoms with E-state index < -0.39 is 11.7 Å². The van der Waals surface area contributed by atoms with Crippen LogP contribution in [-0.4, -0.2) is 52.1 Å². The third-order valence-corrected chi connectivity index (χ3v) is 3.70. The van der Waals surface area contributed by atoms with Gasteiger partial charge >= 0.3 is 6.09 Å². The second-order valence-electron chi connectivity index (χ2n) is 7.41. The van der Waals surface area contributed by atoms with Crippen molar-refractivity contribution in [1.82, 2.24) is 30.7 Å². The van der Waals surface area contributed by atoms with E-state index in [1.807, 2.05) is 52.0 Å². The number of carbonyl (C=O) groups is 1. The number of carbonyl (C=O) groups excluding carboxylic acids is 1. The van der Waals surface area contributed by atoms with Gasteiger partial charge in [0.15, 0.2) is 5.96 Å². The molecule has 0 saturated carbocycles. The maximum absolute atomic E-state index is 11.6. The van der Waals surface area contributed by atoms with E-state index in [0.29, 0.717) is 19.6 Å². The van der Waals surface area contributed by atoms with Crippen LogP contribution in [0.15, 0.2) is 41.9 Å².